The summed E-state index contributed by atoms with van der Waals surface area (Å²) < 4.78 is 7.68. The van der Waals surface area contributed by atoms with Crippen LogP contribution in [-0.2, 0) is 11.3 Å². The van der Waals surface area contributed by atoms with Crippen LogP contribution >= 0.6 is 0 Å². The fourth-order valence-corrected chi connectivity index (χ4v) is 2.70. The maximum Gasteiger partial charge on any atom is 0.0916 e. The largest absolute Gasteiger partial charge is 0.387 e. The number of aliphatic hydroxyl groups is 1. The molecule has 1 aromatic carbocycles. The molecule has 1 fully saturated rings. The van der Waals surface area contributed by atoms with E-state index in [4.69, 9.17) is 4.74 Å². The van der Waals surface area contributed by atoms with E-state index in [1.165, 1.54) is 0 Å². The molecule has 0 aliphatic carbocycles. The zero-order valence-corrected chi connectivity index (χ0v) is 12.0. The van der Waals surface area contributed by atoms with E-state index < -0.39 is 6.10 Å². The van der Waals surface area contributed by atoms with Crippen molar-refractivity contribution >= 4 is 0 Å². The second kappa shape index (κ2) is 6.85. The molecule has 2 atom stereocenters. The van der Waals surface area contributed by atoms with Gasteiger partial charge in [-0.05, 0) is 11.6 Å². The molecule has 0 saturated carbocycles. The topological polar surface area (TPSA) is 50.5 Å². The van der Waals surface area contributed by atoms with Crippen LogP contribution in [-0.4, -0.2) is 52.1 Å². The van der Waals surface area contributed by atoms with E-state index in [2.05, 4.69) is 10.00 Å². The van der Waals surface area contributed by atoms with Crippen molar-refractivity contribution in [3.63, 3.8) is 0 Å². The molecule has 0 bridgehead atoms. The Labute approximate surface area is 124 Å². The van der Waals surface area contributed by atoms with E-state index in [1.54, 1.807) is 6.20 Å². The summed E-state index contributed by atoms with van der Waals surface area (Å²) in [6.45, 7) is 3.78. The molecular weight excluding hydrogens is 266 g/mol. The smallest absolute Gasteiger partial charge is 0.0916 e. The van der Waals surface area contributed by atoms with Gasteiger partial charge in [0.05, 0.1) is 25.4 Å². The Kier molecular flexibility index (Phi) is 4.65. The molecule has 3 rings (SSSR count). The van der Waals surface area contributed by atoms with Gasteiger partial charge in [0.2, 0.25) is 0 Å². The Morgan fingerprint density at radius 1 is 1.29 bits per heavy atom. The number of β-amino-alcohol motifs (C(OH)–C–C–N with tert-alkyl or cyclic N) is 1. The molecule has 1 aliphatic rings. The molecule has 1 aliphatic heterocycles. The third-order valence-corrected chi connectivity index (χ3v) is 3.79. The van der Waals surface area contributed by atoms with Crippen LogP contribution in [0.1, 0.15) is 11.7 Å². The van der Waals surface area contributed by atoms with Gasteiger partial charge in [0, 0.05) is 32.0 Å². The van der Waals surface area contributed by atoms with E-state index in [0.29, 0.717) is 13.2 Å². The number of aromatic nitrogens is 2. The lowest BCUT2D eigenvalue weighted by atomic mass is 10.1. The number of hydrogen-bond acceptors (Lipinski definition) is 4. The average Bonchev–Trinajstić information content (AvgIpc) is 3.01. The van der Waals surface area contributed by atoms with Crippen LogP contribution in [0.2, 0.25) is 0 Å². The molecule has 5 heteroatoms. The van der Waals surface area contributed by atoms with Crippen LogP contribution in [0, 0.1) is 0 Å². The van der Waals surface area contributed by atoms with Crippen molar-refractivity contribution in [3.8, 4) is 0 Å². The number of nitrogens with zero attached hydrogens (tertiary/aromatic N) is 3. The average molecular weight is 287 g/mol. The number of benzene rings is 1. The normalized spacial score (nSPS) is 21.3. The molecule has 112 valence electrons. The molecule has 0 radical (unpaired) electrons. The maximum atomic E-state index is 10.3. The Hall–Kier alpha value is -1.69. The van der Waals surface area contributed by atoms with Crippen molar-refractivity contribution < 1.29 is 9.84 Å². The minimum Gasteiger partial charge on any atom is -0.387 e. The van der Waals surface area contributed by atoms with Crippen LogP contribution in [0.25, 0.3) is 0 Å². The van der Waals surface area contributed by atoms with E-state index in [9.17, 15) is 5.11 Å². The number of aliphatic hydroxyl groups excluding tert-OH is 1. The van der Waals surface area contributed by atoms with Gasteiger partial charge in [-0.15, -0.1) is 0 Å². The Balaban J connectivity index is 1.54. The third-order valence-electron chi connectivity index (χ3n) is 3.79. The fraction of sp³-hybridized carbons (Fsp3) is 0.438. The van der Waals surface area contributed by atoms with Gasteiger partial charge in [0.15, 0.2) is 0 Å². The van der Waals surface area contributed by atoms with E-state index in [0.717, 1.165) is 25.2 Å². The highest BCUT2D eigenvalue weighted by Gasteiger charge is 2.23. The predicted molar refractivity (Wildman–Crippen MR) is 79.8 cm³/mol. The summed E-state index contributed by atoms with van der Waals surface area (Å²) in [4.78, 5) is 2.26. The highest BCUT2D eigenvalue weighted by atomic mass is 16.5. The first-order chi connectivity index (χ1) is 10.3. The number of morpholine rings is 1. The van der Waals surface area contributed by atoms with Crippen molar-refractivity contribution in [2.75, 3.05) is 26.2 Å². The lowest BCUT2D eigenvalue weighted by Gasteiger charge is -2.34. The van der Waals surface area contributed by atoms with Gasteiger partial charge in [-0.25, -0.2) is 0 Å². The van der Waals surface area contributed by atoms with Crippen LogP contribution in [0.3, 0.4) is 0 Å². The zero-order valence-electron chi connectivity index (χ0n) is 12.0. The Morgan fingerprint density at radius 2 is 2.14 bits per heavy atom. The summed E-state index contributed by atoms with van der Waals surface area (Å²) in [7, 11) is 0. The second-order valence-corrected chi connectivity index (χ2v) is 5.41. The molecule has 21 heavy (non-hydrogen) atoms. The standard InChI is InChI=1S/C16H21N3O2/c20-16(14-5-2-1-3-6-14)13-18-9-10-21-15(11-18)12-19-8-4-7-17-19/h1-8,15-16,20H,9-13H2/t15-,16-/m0/s1. The molecule has 5 nitrogen and oxygen atoms in total. The van der Waals surface area contributed by atoms with E-state index in [1.807, 2.05) is 47.3 Å². The quantitative estimate of drug-likeness (QED) is 0.901. The van der Waals surface area contributed by atoms with Gasteiger partial charge in [-0.1, -0.05) is 30.3 Å². The van der Waals surface area contributed by atoms with E-state index in [-0.39, 0.29) is 6.10 Å². The second-order valence-electron chi connectivity index (χ2n) is 5.41. The minimum absolute atomic E-state index is 0.127. The monoisotopic (exact) mass is 287 g/mol. The highest BCUT2D eigenvalue weighted by Crippen LogP contribution is 2.16. The number of rotatable bonds is 5. The van der Waals surface area contributed by atoms with Crippen molar-refractivity contribution in [3.05, 3.63) is 54.4 Å². The van der Waals surface area contributed by atoms with Gasteiger partial charge in [-0.3, -0.25) is 9.58 Å². The summed E-state index contributed by atoms with van der Waals surface area (Å²) in [6, 6.07) is 11.7. The molecule has 0 unspecified atom stereocenters. The van der Waals surface area contributed by atoms with Crippen molar-refractivity contribution in [2.24, 2.45) is 0 Å². The lowest BCUT2D eigenvalue weighted by molar-refractivity contribution is -0.0486. The highest BCUT2D eigenvalue weighted by molar-refractivity contribution is 5.17. The van der Waals surface area contributed by atoms with Gasteiger partial charge in [0.1, 0.15) is 0 Å². The predicted octanol–water partition coefficient (Wildman–Crippen LogP) is 1.32. The van der Waals surface area contributed by atoms with Crippen LogP contribution in [0.5, 0.6) is 0 Å². The summed E-state index contributed by atoms with van der Waals surface area (Å²) >= 11 is 0. The Morgan fingerprint density at radius 3 is 2.90 bits per heavy atom. The summed E-state index contributed by atoms with van der Waals surface area (Å²) in [5.41, 5.74) is 0.965. The molecule has 1 N–H and O–H groups in total. The first-order valence-corrected chi connectivity index (χ1v) is 7.35. The molecule has 1 aromatic heterocycles. The molecule has 0 spiro atoms. The van der Waals surface area contributed by atoms with Gasteiger partial charge < -0.3 is 9.84 Å². The number of ether oxygens (including phenoxy) is 1. The molecular formula is C16H21N3O2. The molecule has 2 heterocycles. The summed E-state index contributed by atoms with van der Waals surface area (Å²) in [6.07, 6.45) is 3.40. The maximum absolute atomic E-state index is 10.3. The van der Waals surface area contributed by atoms with Crippen molar-refractivity contribution in [1.82, 2.24) is 14.7 Å². The van der Waals surface area contributed by atoms with Gasteiger partial charge in [0.25, 0.3) is 0 Å². The van der Waals surface area contributed by atoms with E-state index >= 15 is 0 Å². The molecule has 1 saturated heterocycles. The summed E-state index contributed by atoms with van der Waals surface area (Å²) in [5, 5.41) is 14.5. The van der Waals surface area contributed by atoms with Crippen LogP contribution in [0.4, 0.5) is 0 Å². The van der Waals surface area contributed by atoms with Gasteiger partial charge in [-0.2, -0.15) is 5.10 Å². The first-order valence-electron chi connectivity index (χ1n) is 7.35. The van der Waals surface area contributed by atoms with Crippen molar-refractivity contribution in [2.45, 2.75) is 18.8 Å². The summed E-state index contributed by atoms with van der Waals surface area (Å²) in [5.74, 6) is 0. The minimum atomic E-state index is -0.449. The molecule has 2 aromatic rings. The van der Waals surface area contributed by atoms with Crippen molar-refractivity contribution in [1.29, 1.82) is 0 Å². The molecule has 0 amide bonds. The van der Waals surface area contributed by atoms with Gasteiger partial charge >= 0.3 is 0 Å². The lowest BCUT2D eigenvalue weighted by Crippen LogP contribution is -2.45. The zero-order chi connectivity index (χ0) is 14.5. The SMILES string of the molecule is O[C@@H](CN1CCO[C@H](Cn2cccn2)C1)c1ccccc1. The van der Waals surface area contributed by atoms with Crippen LogP contribution in [0.15, 0.2) is 48.8 Å². The Bertz CT molecular complexity index is 530. The first kappa shape index (κ1) is 14.3. The third kappa shape index (κ3) is 3.91. The number of hydrogen-bond donors (Lipinski definition) is 1. The fourth-order valence-electron chi connectivity index (χ4n) is 2.70. The van der Waals surface area contributed by atoms with Crippen LogP contribution < -0.4 is 0 Å².